The van der Waals surface area contributed by atoms with Crippen LogP contribution in [0.25, 0.3) is 11.8 Å². The number of imide groups is 1. The molecule has 0 saturated carbocycles. The Morgan fingerprint density at radius 3 is 2.69 bits per heavy atom. The number of hydrogen-bond acceptors (Lipinski definition) is 3. The summed E-state index contributed by atoms with van der Waals surface area (Å²) in [6, 6.07) is 6.40. The van der Waals surface area contributed by atoms with E-state index < -0.39 is 11.9 Å². The van der Waals surface area contributed by atoms with Gasteiger partial charge in [0.15, 0.2) is 0 Å². The molecule has 2 N–H and O–H groups in total. The summed E-state index contributed by atoms with van der Waals surface area (Å²) < 4.78 is 1.35. The van der Waals surface area contributed by atoms with Gasteiger partial charge in [-0.2, -0.15) is 0 Å². The molecule has 0 radical (unpaired) electrons. The van der Waals surface area contributed by atoms with Crippen LogP contribution in [0.2, 0.25) is 5.02 Å². The van der Waals surface area contributed by atoms with Crippen LogP contribution >= 0.6 is 11.6 Å². The van der Waals surface area contributed by atoms with Gasteiger partial charge in [-0.15, -0.1) is 0 Å². The molecule has 1 aliphatic rings. The van der Waals surface area contributed by atoms with E-state index >= 15 is 0 Å². The van der Waals surface area contributed by atoms with Gasteiger partial charge in [-0.1, -0.05) is 31.0 Å². The second-order valence-electron chi connectivity index (χ2n) is 6.07. The van der Waals surface area contributed by atoms with Gasteiger partial charge in [0.05, 0.1) is 11.3 Å². The minimum absolute atomic E-state index is 0.101. The third-order valence-corrected chi connectivity index (χ3v) is 4.40. The molecule has 26 heavy (non-hydrogen) atoms. The molecule has 0 aliphatic carbocycles. The third kappa shape index (κ3) is 3.30. The molecule has 0 unspecified atom stereocenters. The van der Waals surface area contributed by atoms with E-state index in [0.29, 0.717) is 28.5 Å². The van der Waals surface area contributed by atoms with Crippen LogP contribution < -0.4 is 10.9 Å². The van der Waals surface area contributed by atoms with Gasteiger partial charge in [0.1, 0.15) is 5.70 Å². The largest absolute Gasteiger partial charge is 0.329 e. The van der Waals surface area contributed by atoms with E-state index in [-0.39, 0.29) is 11.3 Å². The van der Waals surface area contributed by atoms with Gasteiger partial charge in [0, 0.05) is 17.3 Å². The number of aromatic nitrogens is 2. The molecular formula is C18H19ClN4O3. The molecular weight excluding hydrogens is 356 g/mol. The van der Waals surface area contributed by atoms with Crippen LogP contribution in [0.1, 0.15) is 31.0 Å². The van der Waals surface area contributed by atoms with Gasteiger partial charge in [-0.25, -0.2) is 9.48 Å². The first-order valence-electron chi connectivity index (χ1n) is 8.34. The van der Waals surface area contributed by atoms with Crippen molar-refractivity contribution < 1.29 is 9.59 Å². The zero-order chi connectivity index (χ0) is 18.8. The molecule has 3 amide bonds. The zero-order valence-corrected chi connectivity index (χ0v) is 15.3. The number of nitrogens with one attached hydrogen (secondary N) is 2. The number of amides is 3. The highest BCUT2D eigenvalue weighted by molar-refractivity contribution is 6.30. The number of halogens is 1. The highest BCUT2D eigenvalue weighted by Gasteiger charge is 2.33. The lowest BCUT2D eigenvalue weighted by molar-refractivity contribution is -0.122. The fourth-order valence-electron chi connectivity index (χ4n) is 2.76. The third-order valence-electron chi connectivity index (χ3n) is 4.17. The first-order valence-corrected chi connectivity index (χ1v) is 8.72. The van der Waals surface area contributed by atoms with Crippen molar-refractivity contribution in [2.45, 2.75) is 26.7 Å². The number of urea groups is 1. The van der Waals surface area contributed by atoms with Gasteiger partial charge in [-0.05, 0) is 37.6 Å². The average Bonchev–Trinajstić information content (AvgIpc) is 3.04. The Bertz CT molecular complexity index is 958. The Morgan fingerprint density at radius 1 is 1.23 bits per heavy atom. The molecule has 7 nitrogen and oxygen atoms in total. The summed E-state index contributed by atoms with van der Waals surface area (Å²) in [5, 5.41) is 6.01. The fraction of sp³-hybridized carbons (Fsp3) is 0.278. The number of carbonyl (C=O) groups excluding carboxylic acids is 2. The standard InChI is InChI=1S/C18H19ClN4O3/c1-3-4-8-22-17(25)15(20-18(22)26)10-14-11(2)21-23(16(14)24)13-7-5-6-12(19)9-13/h5-7,9-10,21H,3-4,8H2,1-2H3,(H,20,26)/b15-10-. The van der Waals surface area contributed by atoms with Crippen LogP contribution in [0.4, 0.5) is 4.79 Å². The number of aromatic amines is 1. The maximum Gasteiger partial charge on any atom is 0.329 e. The Labute approximate surface area is 155 Å². The minimum Gasteiger partial charge on any atom is -0.303 e. The molecule has 1 aromatic heterocycles. The average molecular weight is 375 g/mol. The zero-order valence-electron chi connectivity index (χ0n) is 14.5. The first-order chi connectivity index (χ1) is 12.4. The molecule has 0 atom stereocenters. The summed E-state index contributed by atoms with van der Waals surface area (Å²) in [5.41, 5.74) is 1.25. The van der Waals surface area contributed by atoms with Crippen molar-refractivity contribution in [1.82, 2.24) is 20.0 Å². The number of nitrogens with zero attached hydrogens (tertiary/aromatic N) is 2. The molecule has 0 spiro atoms. The van der Waals surface area contributed by atoms with E-state index in [1.807, 2.05) is 6.92 Å². The van der Waals surface area contributed by atoms with E-state index in [1.54, 1.807) is 31.2 Å². The molecule has 1 fully saturated rings. The highest BCUT2D eigenvalue weighted by Crippen LogP contribution is 2.17. The lowest BCUT2D eigenvalue weighted by atomic mass is 10.2. The maximum atomic E-state index is 12.7. The molecule has 8 heteroatoms. The summed E-state index contributed by atoms with van der Waals surface area (Å²) in [7, 11) is 0. The number of rotatable bonds is 5. The van der Waals surface area contributed by atoms with E-state index in [0.717, 1.165) is 17.7 Å². The van der Waals surface area contributed by atoms with E-state index in [2.05, 4.69) is 10.4 Å². The van der Waals surface area contributed by atoms with Crippen molar-refractivity contribution in [2.75, 3.05) is 6.54 Å². The number of aryl methyl sites for hydroxylation is 1. The van der Waals surface area contributed by atoms with Crippen molar-refractivity contribution in [3.8, 4) is 5.69 Å². The SMILES string of the molecule is CCCCN1C(=O)N/C(=C\c2c(C)[nH]n(-c3cccc(Cl)c3)c2=O)C1=O. The Kier molecular flexibility index (Phi) is 4.99. The summed E-state index contributed by atoms with van der Waals surface area (Å²) in [6.45, 7) is 4.07. The molecule has 2 aromatic rings. The van der Waals surface area contributed by atoms with Crippen molar-refractivity contribution in [2.24, 2.45) is 0 Å². The van der Waals surface area contributed by atoms with Crippen LogP contribution in [0.5, 0.6) is 0 Å². The molecule has 3 rings (SSSR count). The molecule has 0 bridgehead atoms. The summed E-state index contributed by atoms with van der Waals surface area (Å²) >= 11 is 5.99. The smallest absolute Gasteiger partial charge is 0.303 e. The Balaban J connectivity index is 1.96. The van der Waals surface area contributed by atoms with Crippen LogP contribution in [0.3, 0.4) is 0 Å². The van der Waals surface area contributed by atoms with Crippen molar-refractivity contribution >= 4 is 29.6 Å². The van der Waals surface area contributed by atoms with E-state index in [4.69, 9.17) is 11.6 Å². The number of hydrogen-bond donors (Lipinski definition) is 2. The fourth-order valence-corrected chi connectivity index (χ4v) is 2.95. The molecule has 136 valence electrons. The van der Waals surface area contributed by atoms with Crippen LogP contribution in [-0.4, -0.2) is 33.2 Å². The quantitative estimate of drug-likeness (QED) is 0.623. The number of unbranched alkanes of at least 4 members (excludes halogenated alkanes) is 1. The van der Waals surface area contributed by atoms with Crippen molar-refractivity contribution in [1.29, 1.82) is 0 Å². The lowest BCUT2D eigenvalue weighted by Crippen LogP contribution is -2.31. The summed E-state index contributed by atoms with van der Waals surface area (Å²) in [6.07, 6.45) is 3.02. The van der Waals surface area contributed by atoms with Gasteiger partial charge in [-0.3, -0.25) is 19.6 Å². The minimum atomic E-state index is -0.460. The lowest BCUT2D eigenvalue weighted by Gasteiger charge is -2.09. The van der Waals surface area contributed by atoms with Gasteiger partial charge < -0.3 is 5.32 Å². The van der Waals surface area contributed by atoms with Gasteiger partial charge in [0.2, 0.25) is 0 Å². The van der Waals surface area contributed by atoms with Gasteiger partial charge >= 0.3 is 6.03 Å². The maximum absolute atomic E-state index is 12.7. The number of H-pyrrole nitrogens is 1. The highest BCUT2D eigenvalue weighted by atomic mass is 35.5. The molecule has 1 saturated heterocycles. The Morgan fingerprint density at radius 2 is 2.00 bits per heavy atom. The van der Waals surface area contributed by atoms with E-state index in [1.165, 1.54) is 10.8 Å². The monoisotopic (exact) mass is 374 g/mol. The topological polar surface area (TPSA) is 87.2 Å². The normalized spacial score (nSPS) is 15.8. The number of carbonyl (C=O) groups is 2. The first kappa shape index (κ1) is 18.0. The van der Waals surface area contributed by atoms with Gasteiger partial charge in [0.25, 0.3) is 11.5 Å². The predicted molar refractivity (Wildman–Crippen MR) is 99.3 cm³/mol. The molecule has 2 heterocycles. The Hall–Kier alpha value is -2.80. The predicted octanol–water partition coefficient (Wildman–Crippen LogP) is 2.82. The van der Waals surface area contributed by atoms with E-state index in [9.17, 15) is 14.4 Å². The molecule has 1 aliphatic heterocycles. The van der Waals surface area contributed by atoms with Crippen LogP contribution in [0.15, 0.2) is 34.8 Å². The second kappa shape index (κ2) is 7.21. The summed E-state index contributed by atoms with van der Waals surface area (Å²) in [4.78, 5) is 38.3. The number of benzene rings is 1. The van der Waals surface area contributed by atoms with Crippen LogP contribution in [0, 0.1) is 6.92 Å². The van der Waals surface area contributed by atoms with Crippen LogP contribution in [-0.2, 0) is 4.79 Å². The van der Waals surface area contributed by atoms with Crippen molar-refractivity contribution in [3.05, 3.63) is 56.6 Å². The summed E-state index contributed by atoms with van der Waals surface area (Å²) in [5.74, 6) is -0.419. The van der Waals surface area contributed by atoms with Crippen molar-refractivity contribution in [3.63, 3.8) is 0 Å². The molecule has 1 aromatic carbocycles. The second-order valence-corrected chi connectivity index (χ2v) is 6.51.